The van der Waals surface area contributed by atoms with Gasteiger partial charge in [-0.05, 0) is 37.1 Å². The normalized spacial score (nSPS) is 13.7. The molecule has 0 saturated heterocycles. The maximum atomic E-state index is 12.7. The van der Waals surface area contributed by atoms with Crippen LogP contribution in [0.25, 0.3) is 0 Å². The average molecular weight is 411 g/mol. The number of carbonyl (C=O) groups excluding carboxylic acids is 2. The van der Waals surface area contributed by atoms with Crippen LogP contribution in [0.15, 0.2) is 36.7 Å². The highest BCUT2D eigenvalue weighted by Crippen LogP contribution is 2.30. The van der Waals surface area contributed by atoms with Crippen molar-refractivity contribution in [2.45, 2.75) is 32.0 Å². The number of nitrogens with one attached hydrogen (secondary N) is 2. The number of nitrogens with two attached hydrogens (primary N) is 1. The molecule has 2 atom stereocenters. The van der Waals surface area contributed by atoms with Crippen molar-refractivity contribution in [1.29, 1.82) is 0 Å². The lowest BCUT2D eigenvalue weighted by Gasteiger charge is -2.18. The van der Waals surface area contributed by atoms with Gasteiger partial charge in [0.1, 0.15) is 0 Å². The monoisotopic (exact) mass is 411 g/mol. The lowest BCUT2D eigenvalue weighted by atomic mass is 10.0. The Kier molecular flexibility index (Phi) is 7.38. The Morgan fingerprint density at radius 2 is 2.03 bits per heavy atom. The Morgan fingerprint density at radius 1 is 1.31 bits per heavy atom. The van der Waals surface area contributed by atoms with E-state index in [0.717, 1.165) is 17.7 Å². The predicted octanol–water partition coefficient (Wildman–Crippen LogP) is 2.09. The molecule has 2 amide bonds. The number of aryl methyl sites for hydroxylation is 1. The summed E-state index contributed by atoms with van der Waals surface area (Å²) in [4.78, 5) is 23.8. The van der Waals surface area contributed by atoms with Crippen molar-refractivity contribution in [3.05, 3.63) is 47.8 Å². The number of hydrogen-bond donors (Lipinski definition) is 3. The van der Waals surface area contributed by atoms with Crippen LogP contribution in [-0.4, -0.2) is 34.2 Å². The maximum Gasteiger partial charge on any atom is 0.416 e. The van der Waals surface area contributed by atoms with E-state index < -0.39 is 29.5 Å². The Bertz CT molecular complexity index is 850. The standard InChI is InChI=1S/C19H24F3N5O2/c1-12(24-10-14(18(23)29)7-13-9-25-27(2)11-13)6-17(28)26-16-5-3-4-15(8-16)19(20,21)22/h3-5,8-9,11-12,14,24H,6-7,10H2,1-2H3,(H2,23,29)(H,26,28)/t12-,14+/m0/s1. The third-order valence-corrected chi connectivity index (χ3v) is 4.32. The molecule has 10 heteroatoms. The van der Waals surface area contributed by atoms with E-state index in [1.165, 1.54) is 12.1 Å². The van der Waals surface area contributed by atoms with Gasteiger partial charge in [-0.3, -0.25) is 14.3 Å². The molecule has 0 fully saturated rings. The van der Waals surface area contributed by atoms with E-state index in [-0.39, 0.29) is 24.7 Å². The molecule has 0 aliphatic rings. The smallest absolute Gasteiger partial charge is 0.369 e. The summed E-state index contributed by atoms with van der Waals surface area (Å²) in [6.45, 7) is 2.01. The third-order valence-electron chi connectivity index (χ3n) is 4.32. The maximum absolute atomic E-state index is 12.7. The van der Waals surface area contributed by atoms with E-state index >= 15 is 0 Å². The van der Waals surface area contributed by atoms with Gasteiger partial charge in [-0.15, -0.1) is 0 Å². The molecule has 158 valence electrons. The predicted molar refractivity (Wildman–Crippen MR) is 102 cm³/mol. The van der Waals surface area contributed by atoms with Gasteiger partial charge in [-0.2, -0.15) is 18.3 Å². The van der Waals surface area contributed by atoms with Crippen LogP contribution in [0.5, 0.6) is 0 Å². The Labute approximate surface area is 166 Å². The highest BCUT2D eigenvalue weighted by molar-refractivity contribution is 5.91. The number of rotatable bonds is 9. The summed E-state index contributed by atoms with van der Waals surface area (Å²) in [5.74, 6) is -1.39. The second-order valence-electron chi connectivity index (χ2n) is 6.97. The Hall–Kier alpha value is -2.88. The lowest BCUT2D eigenvalue weighted by Crippen LogP contribution is -2.39. The van der Waals surface area contributed by atoms with Gasteiger partial charge in [-0.25, -0.2) is 0 Å². The van der Waals surface area contributed by atoms with Crippen molar-refractivity contribution in [2.75, 3.05) is 11.9 Å². The van der Waals surface area contributed by atoms with Crippen LogP contribution in [0.1, 0.15) is 24.5 Å². The number of carbonyl (C=O) groups is 2. The molecule has 1 aromatic heterocycles. The first-order valence-corrected chi connectivity index (χ1v) is 9.02. The highest BCUT2D eigenvalue weighted by Gasteiger charge is 2.30. The van der Waals surface area contributed by atoms with Gasteiger partial charge < -0.3 is 16.4 Å². The molecule has 1 aromatic carbocycles. The summed E-state index contributed by atoms with van der Waals surface area (Å²) in [6.07, 6.45) is -0.592. The molecule has 0 bridgehead atoms. The molecule has 4 N–H and O–H groups in total. The van der Waals surface area contributed by atoms with Gasteiger partial charge >= 0.3 is 6.18 Å². The molecule has 2 rings (SSSR count). The van der Waals surface area contributed by atoms with Gasteiger partial charge in [-0.1, -0.05) is 6.07 Å². The molecule has 0 saturated carbocycles. The second kappa shape index (κ2) is 9.55. The third kappa shape index (κ3) is 7.22. The van der Waals surface area contributed by atoms with Crippen LogP contribution in [0, 0.1) is 5.92 Å². The first-order chi connectivity index (χ1) is 13.5. The summed E-state index contributed by atoms with van der Waals surface area (Å²) in [5.41, 5.74) is 5.56. The van der Waals surface area contributed by atoms with E-state index in [4.69, 9.17) is 5.73 Å². The highest BCUT2D eigenvalue weighted by atomic mass is 19.4. The van der Waals surface area contributed by atoms with Crippen molar-refractivity contribution >= 4 is 17.5 Å². The SMILES string of the molecule is C[C@@H](CC(=O)Nc1cccc(C(F)(F)F)c1)NC[C@@H](Cc1cnn(C)c1)C(N)=O. The summed E-state index contributed by atoms with van der Waals surface area (Å²) >= 11 is 0. The van der Waals surface area contributed by atoms with Gasteiger partial charge in [0.2, 0.25) is 11.8 Å². The fourth-order valence-corrected chi connectivity index (χ4v) is 2.81. The van der Waals surface area contributed by atoms with Crippen LogP contribution in [0.2, 0.25) is 0 Å². The number of alkyl halides is 3. The number of halogens is 3. The first-order valence-electron chi connectivity index (χ1n) is 9.02. The Balaban J connectivity index is 1.85. The van der Waals surface area contributed by atoms with Gasteiger partial charge in [0.05, 0.1) is 17.7 Å². The van der Waals surface area contributed by atoms with Crippen LogP contribution in [-0.2, 0) is 29.2 Å². The van der Waals surface area contributed by atoms with E-state index in [0.29, 0.717) is 6.42 Å². The van der Waals surface area contributed by atoms with E-state index in [2.05, 4.69) is 15.7 Å². The number of amides is 2. The molecular weight excluding hydrogens is 387 g/mol. The lowest BCUT2D eigenvalue weighted by molar-refractivity contribution is -0.137. The summed E-state index contributed by atoms with van der Waals surface area (Å²) in [6, 6.07) is 4.13. The number of anilines is 1. The number of hydrogen-bond acceptors (Lipinski definition) is 4. The summed E-state index contributed by atoms with van der Waals surface area (Å²) < 4.78 is 39.9. The van der Waals surface area contributed by atoms with Gasteiger partial charge in [0.25, 0.3) is 0 Å². The van der Waals surface area contributed by atoms with Crippen molar-refractivity contribution in [3.63, 3.8) is 0 Å². The minimum absolute atomic E-state index is 0.0224. The molecule has 0 radical (unpaired) electrons. The molecule has 29 heavy (non-hydrogen) atoms. The molecule has 0 unspecified atom stereocenters. The van der Waals surface area contributed by atoms with Crippen molar-refractivity contribution in [3.8, 4) is 0 Å². The largest absolute Gasteiger partial charge is 0.416 e. The van der Waals surface area contributed by atoms with Crippen LogP contribution >= 0.6 is 0 Å². The minimum Gasteiger partial charge on any atom is -0.369 e. The van der Waals surface area contributed by atoms with E-state index in [1.54, 1.807) is 31.0 Å². The van der Waals surface area contributed by atoms with Crippen LogP contribution < -0.4 is 16.4 Å². The topological polar surface area (TPSA) is 102 Å². The van der Waals surface area contributed by atoms with E-state index in [9.17, 15) is 22.8 Å². The zero-order chi connectivity index (χ0) is 21.6. The first kappa shape index (κ1) is 22.4. The Morgan fingerprint density at radius 3 is 2.62 bits per heavy atom. The van der Waals surface area contributed by atoms with Crippen LogP contribution in [0.4, 0.5) is 18.9 Å². The fourth-order valence-electron chi connectivity index (χ4n) is 2.81. The van der Waals surface area contributed by atoms with Gasteiger partial charge in [0.15, 0.2) is 0 Å². The molecule has 0 aliphatic heterocycles. The fraction of sp³-hybridized carbons (Fsp3) is 0.421. The molecular formula is C19H24F3N5O2. The summed E-state index contributed by atoms with van der Waals surface area (Å²) in [7, 11) is 1.77. The quantitative estimate of drug-likeness (QED) is 0.588. The number of benzene rings is 1. The summed E-state index contributed by atoms with van der Waals surface area (Å²) in [5, 5.41) is 9.58. The van der Waals surface area contributed by atoms with Crippen molar-refractivity contribution < 1.29 is 22.8 Å². The van der Waals surface area contributed by atoms with Gasteiger partial charge in [0, 0.05) is 37.9 Å². The number of primary amides is 1. The zero-order valence-electron chi connectivity index (χ0n) is 16.2. The number of nitrogens with zero attached hydrogens (tertiary/aromatic N) is 2. The molecule has 0 aliphatic carbocycles. The molecule has 7 nitrogen and oxygen atoms in total. The zero-order valence-corrected chi connectivity index (χ0v) is 16.2. The molecule has 1 heterocycles. The van der Waals surface area contributed by atoms with Crippen molar-refractivity contribution in [2.24, 2.45) is 18.7 Å². The number of aromatic nitrogens is 2. The van der Waals surface area contributed by atoms with Crippen LogP contribution in [0.3, 0.4) is 0 Å². The second-order valence-corrected chi connectivity index (χ2v) is 6.97. The minimum atomic E-state index is -4.48. The molecule has 2 aromatic rings. The van der Waals surface area contributed by atoms with E-state index in [1.807, 2.05) is 0 Å². The average Bonchev–Trinajstić information content (AvgIpc) is 3.02. The molecule has 0 spiro atoms. The van der Waals surface area contributed by atoms with Crippen molar-refractivity contribution in [1.82, 2.24) is 15.1 Å².